The van der Waals surface area contributed by atoms with Crippen LogP contribution in [0.25, 0.3) is 11.1 Å². The van der Waals surface area contributed by atoms with E-state index in [4.69, 9.17) is 39.5 Å². The number of halogens is 5. The molecule has 2 aromatic rings. The summed E-state index contributed by atoms with van der Waals surface area (Å²) >= 11 is 17.9. The van der Waals surface area contributed by atoms with E-state index in [-0.39, 0.29) is 31.9 Å². The molecule has 0 N–H and O–H groups in total. The van der Waals surface area contributed by atoms with Crippen molar-refractivity contribution in [2.24, 2.45) is 0 Å². The molecule has 0 amide bonds. The summed E-state index contributed by atoms with van der Waals surface area (Å²) in [4.78, 5) is 0. The Labute approximate surface area is 130 Å². The first-order valence-electron chi connectivity index (χ1n) is 5.55. The van der Waals surface area contributed by atoms with Crippen molar-refractivity contribution in [3.63, 3.8) is 0 Å². The molecule has 0 aliphatic heterocycles. The number of alkyl halides is 2. The molecule has 2 aromatic carbocycles. The van der Waals surface area contributed by atoms with Gasteiger partial charge in [0.15, 0.2) is 0 Å². The van der Waals surface area contributed by atoms with Gasteiger partial charge in [-0.05, 0) is 23.8 Å². The molecule has 2 rings (SSSR count). The highest BCUT2D eigenvalue weighted by Crippen LogP contribution is 2.42. The molecule has 0 spiro atoms. The number of ether oxygens (including phenoxy) is 1. The predicted molar refractivity (Wildman–Crippen MR) is 78.4 cm³/mol. The fourth-order valence-electron chi connectivity index (χ4n) is 1.91. The molecule has 1 nitrogen and oxygen atoms in total. The van der Waals surface area contributed by atoms with Crippen molar-refractivity contribution in [3.05, 3.63) is 51.0 Å². The third-order valence-electron chi connectivity index (χ3n) is 2.80. The Bertz CT molecular complexity index is 645. The van der Waals surface area contributed by atoms with E-state index in [1.54, 1.807) is 6.07 Å². The summed E-state index contributed by atoms with van der Waals surface area (Å²) in [6, 6.07) is 7.51. The first-order chi connectivity index (χ1) is 9.45. The lowest BCUT2D eigenvalue weighted by atomic mass is 9.99. The highest BCUT2D eigenvalue weighted by atomic mass is 35.5. The van der Waals surface area contributed by atoms with E-state index in [0.29, 0.717) is 5.56 Å². The molecule has 106 valence electrons. The standard InChI is InChI=1S/C14H9Cl3F2O/c1-20-12-4-2-3-7(13(12)14(18)19)8-5-10(16)11(17)6-9(8)15/h2-6,14H,1H3. The average Bonchev–Trinajstić information content (AvgIpc) is 2.41. The SMILES string of the molecule is COc1cccc(-c2cc(Cl)c(Cl)cc2Cl)c1C(F)F. The lowest BCUT2D eigenvalue weighted by molar-refractivity contribution is 0.148. The fraction of sp³-hybridized carbons (Fsp3) is 0.143. The Kier molecular flexibility index (Phi) is 4.74. The Balaban J connectivity index is 2.73. The molecule has 0 saturated heterocycles. The van der Waals surface area contributed by atoms with Crippen molar-refractivity contribution in [3.8, 4) is 16.9 Å². The molecular weight excluding hydrogens is 329 g/mol. The van der Waals surface area contributed by atoms with Crippen LogP contribution in [0.1, 0.15) is 12.0 Å². The molecule has 0 atom stereocenters. The summed E-state index contributed by atoms with van der Waals surface area (Å²) in [6.07, 6.45) is -2.70. The van der Waals surface area contributed by atoms with E-state index in [9.17, 15) is 8.78 Å². The van der Waals surface area contributed by atoms with Gasteiger partial charge in [0.05, 0.1) is 22.7 Å². The third-order valence-corrected chi connectivity index (χ3v) is 3.84. The molecule has 0 fully saturated rings. The van der Waals surface area contributed by atoms with Gasteiger partial charge >= 0.3 is 0 Å². The van der Waals surface area contributed by atoms with E-state index < -0.39 is 6.43 Å². The quantitative estimate of drug-likeness (QED) is 0.601. The zero-order valence-corrected chi connectivity index (χ0v) is 12.5. The van der Waals surface area contributed by atoms with Crippen molar-refractivity contribution in [2.75, 3.05) is 7.11 Å². The summed E-state index contributed by atoms with van der Waals surface area (Å²) < 4.78 is 31.6. The second kappa shape index (κ2) is 6.17. The number of hydrogen-bond donors (Lipinski definition) is 0. The van der Waals surface area contributed by atoms with Gasteiger partial charge in [0.2, 0.25) is 0 Å². The molecule has 0 bridgehead atoms. The topological polar surface area (TPSA) is 9.23 Å². The maximum atomic E-state index is 13.3. The summed E-state index contributed by atoms with van der Waals surface area (Å²) in [5, 5.41) is 0.755. The fourth-order valence-corrected chi connectivity index (χ4v) is 2.56. The molecule has 20 heavy (non-hydrogen) atoms. The van der Waals surface area contributed by atoms with Gasteiger partial charge in [0, 0.05) is 10.6 Å². The van der Waals surface area contributed by atoms with Gasteiger partial charge in [-0.2, -0.15) is 0 Å². The first kappa shape index (κ1) is 15.4. The Morgan fingerprint density at radius 1 is 0.950 bits per heavy atom. The number of methoxy groups -OCH3 is 1. The van der Waals surface area contributed by atoms with Gasteiger partial charge in [-0.3, -0.25) is 0 Å². The third kappa shape index (κ3) is 2.85. The number of benzene rings is 2. The summed E-state index contributed by atoms with van der Waals surface area (Å²) in [5.41, 5.74) is 0.425. The van der Waals surface area contributed by atoms with Gasteiger partial charge in [0.1, 0.15) is 5.75 Å². The van der Waals surface area contributed by atoms with E-state index in [2.05, 4.69) is 0 Å². The van der Waals surface area contributed by atoms with Crippen LogP contribution in [0.3, 0.4) is 0 Å². The molecule has 0 radical (unpaired) electrons. The van der Waals surface area contributed by atoms with Crippen LogP contribution < -0.4 is 4.74 Å². The molecular formula is C14H9Cl3F2O. The highest BCUT2D eigenvalue weighted by Gasteiger charge is 2.21. The van der Waals surface area contributed by atoms with E-state index in [1.165, 1.54) is 31.4 Å². The minimum atomic E-state index is -2.70. The van der Waals surface area contributed by atoms with Crippen LogP contribution in [0.2, 0.25) is 15.1 Å². The maximum absolute atomic E-state index is 13.3. The van der Waals surface area contributed by atoms with E-state index in [1.807, 2.05) is 0 Å². The van der Waals surface area contributed by atoms with Crippen molar-refractivity contribution in [2.45, 2.75) is 6.43 Å². The van der Waals surface area contributed by atoms with Crippen LogP contribution in [0, 0.1) is 0 Å². The largest absolute Gasteiger partial charge is 0.496 e. The molecule has 6 heteroatoms. The van der Waals surface area contributed by atoms with Crippen LogP contribution in [-0.2, 0) is 0 Å². The zero-order chi connectivity index (χ0) is 14.9. The Morgan fingerprint density at radius 3 is 2.20 bits per heavy atom. The normalized spacial score (nSPS) is 10.9. The number of hydrogen-bond acceptors (Lipinski definition) is 1. The summed E-state index contributed by atoms with van der Waals surface area (Å²) in [7, 11) is 1.33. The maximum Gasteiger partial charge on any atom is 0.268 e. The molecule has 0 saturated carbocycles. The average molecular weight is 338 g/mol. The van der Waals surface area contributed by atoms with Crippen LogP contribution in [0.5, 0.6) is 5.75 Å². The van der Waals surface area contributed by atoms with Gasteiger partial charge in [-0.25, -0.2) is 8.78 Å². The van der Waals surface area contributed by atoms with Gasteiger partial charge in [0.25, 0.3) is 6.43 Å². The summed E-state index contributed by atoms with van der Waals surface area (Å²) in [6.45, 7) is 0. The van der Waals surface area contributed by atoms with Crippen molar-refractivity contribution >= 4 is 34.8 Å². The highest BCUT2D eigenvalue weighted by molar-refractivity contribution is 6.44. The molecule has 0 aliphatic carbocycles. The van der Waals surface area contributed by atoms with Crippen LogP contribution in [0.15, 0.2) is 30.3 Å². The van der Waals surface area contributed by atoms with Crippen molar-refractivity contribution in [1.82, 2.24) is 0 Å². The van der Waals surface area contributed by atoms with Crippen LogP contribution in [-0.4, -0.2) is 7.11 Å². The lowest BCUT2D eigenvalue weighted by Gasteiger charge is -2.15. The first-order valence-corrected chi connectivity index (χ1v) is 6.69. The van der Waals surface area contributed by atoms with Crippen molar-refractivity contribution < 1.29 is 13.5 Å². The minimum Gasteiger partial charge on any atom is -0.496 e. The second-order valence-corrected chi connectivity index (χ2v) is 5.19. The number of rotatable bonds is 3. The van der Waals surface area contributed by atoms with Gasteiger partial charge < -0.3 is 4.74 Å². The summed E-state index contributed by atoms with van der Waals surface area (Å²) in [5.74, 6) is 0.0969. The Hall–Kier alpha value is -1.03. The smallest absolute Gasteiger partial charge is 0.268 e. The van der Waals surface area contributed by atoms with E-state index in [0.717, 1.165) is 0 Å². The second-order valence-electron chi connectivity index (χ2n) is 3.97. The van der Waals surface area contributed by atoms with Crippen LogP contribution in [0.4, 0.5) is 8.78 Å². The molecule has 0 aromatic heterocycles. The monoisotopic (exact) mass is 336 g/mol. The molecule has 0 aliphatic rings. The van der Waals surface area contributed by atoms with Gasteiger partial charge in [-0.15, -0.1) is 0 Å². The minimum absolute atomic E-state index is 0.0969. The molecule has 0 heterocycles. The Morgan fingerprint density at radius 2 is 1.60 bits per heavy atom. The van der Waals surface area contributed by atoms with Gasteiger partial charge in [-0.1, -0.05) is 46.9 Å². The van der Waals surface area contributed by atoms with Crippen molar-refractivity contribution in [1.29, 1.82) is 0 Å². The lowest BCUT2D eigenvalue weighted by Crippen LogP contribution is -1.96. The molecule has 0 unspecified atom stereocenters. The van der Waals surface area contributed by atoms with Crippen LogP contribution >= 0.6 is 34.8 Å². The predicted octanol–water partition coefficient (Wildman–Crippen LogP) is 6.26. The zero-order valence-electron chi connectivity index (χ0n) is 10.3. The van der Waals surface area contributed by atoms with E-state index >= 15 is 0 Å².